The van der Waals surface area contributed by atoms with Crippen LogP contribution in [0.4, 0.5) is 9.18 Å². The number of nitrogens with one attached hydrogen (secondary N) is 2. The molecule has 0 unspecified atom stereocenters. The van der Waals surface area contributed by atoms with E-state index >= 15 is 0 Å². The molecule has 6 nitrogen and oxygen atoms in total. The molecule has 0 saturated carbocycles. The summed E-state index contributed by atoms with van der Waals surface area (Å²) in [6.45, 7) is 1.33. The van der Waals surface area contributed by atoms with Gasteiger partial charge >= 0.3 is 6.03 Å². The molecule has 27 heavy (non-hydrogen) atoms. The van der Waals surface area contributed by atoms with Gasteiger partial charge in [-0.05, 0) is 40.5 Å². The lowest BCUT2D eigenvalue weighted by molar-refractivity contribution is 0.198. The number of ether oxygens (including phenoxy) is 1. The van der Waals surface area contributed by atoms with E-state index in [0.29, 0.717) is 24.4 Å². The summed E-state index contributed by atoms with van der Waals surface area (Å²) in [6, 6.07) is 10.4. The fraction of sp³-hybridized carbons (Fsp3) is 0.200. The van der Waals surface area contributed by atoms with Crippen LogP contribution in [0.15, 0.2) is 48.8 Å². The molecule has 1 aromatic heterocycles. The Morgan fingerprint density at radius 2 is 2.07 bits per heavy atom. The van der Waals surface area contributed by atoms with Crippen LogP contribution in [-0.4, -0.2) is 28.2 Å². The number of urea groups is 1. The number of benzene rings is 2. The van der Waals surface area contributed by atoms with Crippen molar-refractivity contribution in [3.05, 3.63) is 71.3 Å². The minimum atomic E-state index is -0.390. The van der Waals surface area contributed by atoms with E-state index in [0.717, 1.165) is 22.3 Å². The Morgan fingerprint density at radius 1 is 1.22 bits per heavy atom. The quantitative estimate of drug-likeness (QED) is 0.743. The second-order valence-electron chi connectivity index (χ2n) is 6.48. The van der Waals surface area contributed by atoms with E-state index in [2.05, 4.69) is 21.6 Å². The molecule has 0 fully saturated rings. The molecule has 2 amide bonds. The van der Waals surface area contributed by atoms with E-state index in [1.54, 1.807) is 17.2 Å². The predicted molar refractivity (Wildman–Crippen MR) is 98.5 cm³/mol. The van der Waals surface area contributed by atoms with Crippen molar-refractivity contribution < 1.29 is 13.9 Å². The van der Waals surface area contributed by atoms with Crippen LogP contribution in [0.5, 0.6) is 5.75 Å². The molecule has 0 bridgehead atoms. The van der Waals surface area contributed by atoms with Crippen molar-refractivity contribution in [2.24, 2.45) is 0 Å². The number of hydrogen-bond acceptors (Lipinski definition) is 3. The third kappa shape index (κ3) is 3.62. The second kappa shape index (κ2) is 7.11. The molecule has 0 atom stereocenters. The van der Waals surface area contributed by atoms with E-state index in [4.69, 9.17) is 4.74 Å². The molecule has 0 radical (unpaired) electrons. The molecule has 2 N–H and O–H groups in total. The highest BCUT2D eigenvalue weighted by Gasteiger charge is 2.23. The summed E-state index contributed by atoms with van der Waals surface area (Å²) < 4.78 is 18.6. The lowest BCUT2D eigenvalue weighted by Gasteiger charge is -2.16. The lowest BCUT2D eigenvalue weighted by atomic mass is 10.0. The van der Waals surface area contributed by atoms with Gasteiger partial charge < -0.3 is 15.0 Å². The number of fused-ring (bicyclic) bond motifs is 1. The van der Waals surface area contributed by atoms with E-state index in [-0.39, 0.29) is 18.4 Å². The van der Waals surface area contributed by atoms with Gasteiger partial charge in [-0.1, -0.05) is 12.1 Å². The van der Waals surface area contributed by atoms with Gasteiger partial charge in [0.15, 0.2) is 0 Å². The molecule has 1 aliphatic rings. The van der Waals surface area contributed by atoms with Gasteiger partial charge in [-0.3, -0.25) is 5.10 Å². The highest BCUT2D eigenvalue weighted by atomic mass is 19.1. The molecular formula is C20H19FN4O2. The monoisotopic (exact) mass is 366 g/mol. The summed E-state index contributed by atoms with van der Waals surface area (Å²) in [5.41, 5.74) is 4.98. The van der Waals surface area contributed by atoms with Gasteiger partial charge in [0.05, 0.1) is 13.3 Å². The minimum absolute atomic E-state index is 0.181. The molecule has 0 saturated heterocycles. The van der Waals surface area contributed by atoms with Crippen LogP contribution in [0.25, 0.3) is 11.1 Å². The van der Waals surface area contributed by atoms with Gasteiger partial charge in [-0.15, -0.1) is 0 Å². The van der Waals surface area contributed by atoms with Gasteiger partial charge in [0, 0.05) is 37.5 Å². The minimum Gasteiger partial charge on any atom is -0.497 e. The summed E-state index contributed by atoms with van der Waals surface area (Å²) >= 11 is 0. The van der Waals surface area contributed by atoms with Gasteiger partial charge in [0.2, 0.25) is 0 Å². The Balaban J connectivity index is 1.41. The van der Waals surface area contributed by atoms with Crippen LogP contribution < -0.4 is 10.1 Å². The summed E-state index contributed by atoms with van der Waals surface area (Å²) in [5, 5.41) is 9.63. The van der Waals surface area contributed by atoms with Gasteiger partial charge in [0.25, 0.3) is 0 Å². The number of aromatic amines is 1. The van der Waals surface area contributed by atoms with Crippen LogP contribution in [0.3, 0.4) is 0 Å². The molecule has 1 aliphatic heterocycles. The topological polar surface area (TPSA) is 70.2 Å². The molecular weight excluding hydrogens is 347 g/mol. The van der Waals surface area contributed by atoms with E-state index in [1.165, 1.54) is 19.2 Å². The number of nitrogens with zero attached hydrogens (tertiary/aromatic N) is 2. The average molecular weight is 366 g/mol. The van der Waals surface area contributed by atoms with Crippen molar-refractivity contribution in [2.45, 2.75) is 19.6 Å². The summed E-state index contributed by atoms with van der Waals surface area (Å²) in [4.78, 5) is 14.3. The third-order valence-electron chi connectivity index (χ3n) is 4.66. The number of H-pyrrole nitrogens is 1. The van der Waals surface area contributed by atoms with Gasteiger partial charge in [-0.25, -0.2) is 9.18 Å². The zero-order valence-corrected chi connectivity index (χ0v) is 14.8. The van der Waals surface area contributed by atoms with Crippen molar-refractivity contribution in [3.63, 3.8) is 0 Å². The number of amides is 2. The molecule has 2 heterocycles. The maximum Gasteiger partial charge on any atom is 0.318 e. The number of carbonyl (C=O) groups excluding carboxylic acids is 1. The summed E-state index contributed by atoms with van der Waals surface area (Å²) in [6.07, 6.45) is 3.61. The highest BCUT2D eigenvalue weighted by Crippen LogP contribution is 2.28. The van der Waals surface area contributed by atoms with Crippen LogP contribution in [0.2, 0.25) is 0 Å². The SMILES string of the molecule is COc1cc(F)cc(CNC(=O)N2Cc3ccc(-c4cn[nH]c4)cc3C2)c1. The highest BCUT2D eigenvalue weighted by molar-refractivity contribution is 5.75. The average Bonchev–Trinajstić information content (AvgIpc) is 3.34. The van der Waals surface area contributed by atoms with Crippen molar-refractivity contribution in [1.82, 2.24) is 20.4 Å². The van der Waals surface area contributed by atoms with Gasteiger partial charge in [-0.2, -0.15) is 5.10 Å². The number of hydrogen-bond donors (Lipinski definition) is 2. The molecule has 0 spiro atoms. The maximum absolute atomic E-state index is 13.6. The zero-order chi connectivity index (χ0) is 18.8. The molecule has 2 aromatic carbocycles. The van der Waals surface area contributed by atoms with Crippen LogP contribution in [0.1, 0.15) is 16.7 Å². The fourth-order valence-corrected chi connectivity index (χ4v) is 3.26. The Hall–Kier alpha value is -3.35. The third-order valence-corrected chi connectivity index (χ3v) is 4.66. The Morgan fingerprint density at radius 3 is 2.85 bits per heavy atom. The summed E-state index contributed by atoms with van der Waals surface area (Å²) in [5.74, 6) is 0.0403. The first kappa shape index (κ1) is 17.1. The van der Waals surface area contributed by atoms with E-state index in [1.807, 2.05) is 18.3 Å². The normalized spacial score (nSPS) is 12.7. The number of methoxy groups -OCH3 is 1. The van der Waals surface area contributed by atoms with Crippen LogP contribution >= 0.6 is 0 Å². The van der Waals surface area contributed by atoms with Crippen molar-refractivity contribution in [3.8, 4) is 16.9 Å². The zero-order valence-electron chi connectivity index (χ0n) is 14.8. The Kier molecular flexibility index (Phi) is 4.50. The van der Waals surface area contributed by atoms with Crippen LogP contribution in [-0.2, 0) is 19.6 Å². The maximum atomic E-state index is 13.6. The Bertz CT molecular complexity index is 972. The number of rotatable bonds is 4. The van der Waals surface area contributed by atoms with Crippen molar-refractivity contribution in [2.75, 3.05) is 7.11 Å². The smallest absolute Gasteiger partial charge is 0.318 e. The molecule has 3 aromatic rings. The first-order valence-electron chi connectivity index (χ1n) is 8.59. The molecule has 138 valence electrons. The first-order valence-corrected chi connectivity index (χ1v) is 8.59. The largest absolute Gasteiger partial charge is 0.497 e. The second-order valence-corrected chi connectivity index (χ2v) is 6.48. The number of aromatic nitrogens is 2. The summed E-state index contributed by atoms with van der Waals surface area (Å²) in [7, 11) is 1.48. The molecule has 4 rings (SSSR count). The fourth-order valence-electron chi connectivity index (χ4n) is 3.26. The van der Waals surface area contributed by atoms with Crippen LogP contribution in [0, 0.1) is 5.82 Å². The molecule has 0 aliphatic carbocycles. The lowest BCUT2D eigenvalue weighted by Crippen LogP contribution is -2.36. The van der Waals surface area contributed by atoms with E-state index in [9.17, 15) is 9.18 Å². The number of carbonyl (C=O) groups is 1. The predicted octanol–water partition coefficient (Wildman–Crippen LogP) is 3.45. The van der Waals surface area contributed by atoms with Gasteiger partial charge in [0.1, 0.15) is 11.6 Å². The standard InChI is InChI=1S/C20H19FN4O2/c1-27-19-5-13(4-18(21)7-19)8-22-20(26)25-11-15-3-2-14(6-16(15)12-25)17-9-23-24-10-17/h2-7,9-10H,8,11-12H2,1H3,(H,22,26)(H,23,24). The van der Waals surface area contributed by atoms with Crippen molar-refractivity contribution >= 4 is 6.03 Å². The first-order chi connectivity index (χ1) is 13.1. The molecule has 7 heteroatoms. The number of halogens is 1. The van der Waals surface area contributed by atoms with E-state index < -0.39 is 0 Å². The Labute approximate surface area is 156 Å². The van der Waals surface area contributed by atoms with Crippen molar-refractivity contribution in [1.29, 1.82) is 0 Å².